The lowest BCUT2D eigenvalue weighted by Gasteiger charge is -2.28. The number of carbonyl (C=O) groups is 24. The Morgan fingerprint density at radius 3 is 0.916 bits per heavy atom. The first-order chi connectivity index (χ1) is 60.7. The predicted molar refractivity (Wildman–Crippen MR) is 474 cm³/mol. The van der Waals surface area contributed by atoms with Gasteiger partial charge in [0, 0.05) is 148 Å². The molecule has 22 amide bonds. The number of carboxylic acid groups (broad SMARTS) is 1. The molecule has 0 fully saturated rings. The zero-order chi connectivity index (χ0) is 100. The number of amides is 22. The second kappa shape index (κ2) is 56.6. The highest BCUT2D eigenvalue weighted by Gasteiger charge is 2.39. The van der Waals surface area contributed by atoms with Crippen molar-refractivity contribution >= 4 is 142 Å². The summed E-state index contributed by atoms with van der Waals surface area (Å²) >= 11 is 0. The van der Waals surface area contributed by atoms with Gasteiger partial charge in [-0.25, -0.2) is 14.4 Å². The van der Waals surface area contributed by atoms with Gasteiger partial charge in [0.1, 0.15) is 24.2 Å². The number of unbranched alkanes of at least 4 members (excludes halogenated alkanes) is 4. The lowest BCUT2D eigenvalue weighted by molar-refractivity contribution is -0.139. The van der Waals surface area contributed by atoms with E-state index in [1.807, 2.05) is 0 Å². The molecule has 44 nitrogen and oxygen atoms in total. The zero-order valence-electron chi connectivity index (χ0n) is 77.9. The van der Waals surface area contributed by atoms with Crippen LogP contribution in [-0.2, 0) is 101 Å². The zero-order valence-corrected chi connectivity index (χ0v) is 77.9. The number of aliphatic carboxylic acids is 1. The van der Waals surface area contributed by atoms with Crippen LogP contribution in [0.1, 0.15) is 226 Å². The van der Waals surface area contributed by atoms with Crippen LogP contribution < -0.4 is 75.7 Å². The molecule has 0 bridgehead atoms. The van der Waals surface area contributed by atoms with E-state index in [0.29, 0.717) is 57.9 Å². The van der Waals surface area contributed by atoms with Crippen LogP contribution in [0.4, 0.5) is 14.4 Å². The van der Waals surface area contributed by atoms with Gasteiger partial charge in [-0.3, -0.25) is 120 Å². The third kappa shape index (κ3) is 45.3. The Kier molecular flexibility index (Phi) is 50.2. The molecule has 131 heavy (non-hydrogen) atoms. The Bertz CT molecular complexity index is 4190. The maximum absolute atomic E-state index is 13.1. The highest BCUT2D eigenvalue weighted by molar-refractivity contribution is 6.15. The van der Waals surface area contributed by atoms with Crippen molar-refractivity contribution in [2.24, 2.45) is 44.8 Å². The van der Waals surface area contributed by atoms with Gasteiger partial charge in [0.05, 0.1) is 30.8 Å². The van der Waals surface area contributed by atoms with Crippen molar-refractivity contribution in [3.8, 4) is 0 Å². The molecule has 0 unspecified atom stereocenters. The minimum Gasteiger partial charge on any atom is -0.481 e. The third-order valence-electron chi connectivity index (χ3n) is 20.0. The van der Waals surface area contributed by atoms with E-state index in [1.165, 1.54) is 31.2 Å². The van der Waals surface area contributed by atoms with E-state index in [4.69, 9.17) is 22.3 Å². The van der Waals surface area contributed by atoms with Gasteiger partial charge in [-0.15, -0.1) is 0 Å². The standard InChI is InChI=1S/C24H37N3O7.C23H37N7O7.C23H37N5O7.C17H25N3O5/c1-15(2)21(23(34)25-16(10-13-20(31)32)22(33)24(3,4)5)26-17(28)9-7-6-8-14-27-18(29)11-12-19(27)30;1-23(2,3)19(34)14(6-4-11-26-21(24)36)29-20(35)15(7-5-12-27-22(25)37)28-16(31)10-13-30-17(32)8-9-18(30)33;1-23(2,3)20(33)15(8-7-12-25-22(24)35)27-21(34)16(14-29)26-17(30)9-5-4-6-13-28-18(31)10-11-19(28)32;1-10(15(24)17(3,4)5)19-16(25)11(2)18-12(21)8-9-20-13(22)6-7-14(20)23/h11-12,15-16,21H,6-10,13-14H2,1-5H3,(H,25,34)(H,26,28)(H,31,32);8-9,14-15H,4-7,10-13H2,1-3H3,(H,28,31)(H,29,35)(H3,24,26,36)(H3,25,27,37);10-11,15-16,29H,4-9,12-14H2,1-3H3,(H,26,30)(H,27,34)(H3,24,25,35);6-7,10-11H,8-9H2,1-5H3,(H,18,21)(H,19,25)/t16-,21-;14-,15-;15-,16-;10-,11-/m0000/s1. The number of rotatable bonds is 51. The number of nitrogens with zero attached hydrogens (tertiary/aromatic N) is 4. The molecule has 8 atom stereocenters. The molecule has 44 heteroatoms. The largest absolute Gasteiger partial charge is 0.481 e. The summed E-state index contributed by atoms with van der Waals surface area (Å²) in [5.74, 6) is -9.66. The van der Waals surface area contributed by atoms with Crippen molar-refractivity contribution in [3.63, 3.8) is 0 Å². The Hall–Kier alpha value is -12.8. The average Bonchev–Trinajstić information content (AvgIpc) is 1.84. The summed E-state index contributed by atoms with van der Waals surface area (Å²) in [6.45, 7) is 27.6. The molecule has 0 spiro atoms. The Labute approximate surface area is 762 Å². The van der Waals surface area contributed by atoms with Crippen LogP contribution in [0.3, 0.4) is 0 Å². The fourth-order valence-electron chi connectivity index (χ4n) is 12.7. The maximum Gasteiger partial charge on any atom is 0.312 e. The number of imide groups is 4. The molecule has 0 saturated heterocycles. The second-order valence-corrected chi connectivity index (χ2v) is 35.9. The molecule has 4 rings (SSSR count). The normalized spacial score (nSPS) is 15.3. The number of aliphatic hydroxyl groups is 1. The fraction of sp³-hybridized carbons (Fsp3) is 0.632. The van der Waals surface area contributed by atoms with Crippen molar-refractivity contribution in [2.45, 2.75) is 275 Å². The summed E-state index contributed by atoms with van der Waals surface area (Å²) in [4.78, 5) is 290. The average molecular weight is 1850 g/mol. The molecule has 0 radical (unpaired) electrons. The second-order valence-electron chi connectivity index (χ2n) is 35.9. The van der Waals surface area contributed by atoms with Crippen molar-refractivity contribution in [2.75, 3.05) is 52.4 Å². The molecule has 4 aliphatic heterocycles. The van der Waals surface area contributed by atoms with E-state index in [-0.39, 0.29) is 162 Å². The van der Waals surface area contributed by atoms with Gasteiger partial charge in [0.2, 0.25) is 47.3 Å². The Balaban J connectivity index is 0.000000881. The molecule has 4 heterocycles. The molecule has 4 aliphatic rings. The first-order valence-electron chi connectivity index (χ1n) is 43.4. The van der Waals surface area contributed by atoms with Crippen LogP contribution in [0.2, 0.25) is 0 Å². The Morgan fingerprint density at radius 1 is 0.305 bits per heavy atom. The summed E-state index contributed by atoms with van der Waals surface area (Å²) < 4.78 is 0. The first kappa shape index (κ1) is 116. The van der Waals surface area contributed by atoms with Gasteiger partial charge < -0.3 is 85.9 Å². The number of nitrogens with two attached hydrogens (primary N) is 3. The number of nitrogens with one attached hydrogen (secondary N) is 11. The summed E-state index contributed by atoms with van der Waals surface area (Å²) in [6, 6.07) is -9.54. The van der Waals surface area contributed by atoms with Crippen LogP contribution in [0, 0.1) is 27.6 Å². The SMILES string of the molecule is CC(C)(C)C(=O)[C@H](CCCNC(N)=O)NC(=O)[C@H](CCCNC(N)=O)NC(=O)CCN1C(=O)C=CC1=O.CC(C)(C)C(=O)[C@H](CCCNC(N)=O)NC(=O)[C@H](CO)NC(=O)CCCCCN1C(=O)C=CC1=O.CC(C)[C@H](NC(=O)CCCCCN1C(=O)C=CC1=O)C(=O)N[C@@H](CCC(=O)O)C(=O)C(C)(C)C.C[C@H](NC(=O)CCN1C(=O)C=CC1=O)C(=O)N[C@@H](C)C(=O)C(C)(C)C. The van der Waals surface area contributed by atoms with Gasteiger partial charge in [0.15, 0.2) is 23.1 Å². The number of aliphatic hydroxyl groups excluding tert-OH is 1. The van der Waals surface area contributed by atoms with Crippen molar-refractivity contribution in [3.05, 3.63) is 48.6 Å². The monoisotopic (exact) mass is 1850 g/mol. The third-order valence-corrected chi connectivity index (χ3v) is 20.0. The lowest BCUT2D eigenvalue weighted by atomic mass is 9.84. The van der Waals surface area contributed by atoms with Crippen molar-refractivity contribution < 1.29 is 125 Å². The van der Waals surface area contributed by atoms with E-state index >= 15 is 0 Å². The molecular formula is C87H136N18O26. The Morgan fingerprint density at radius 2 is 0.595 bits per heavy atom. The number of carbonyl (C=O) groups excluding carboxylic acids is 23. The maximum atomic E-state index is 13.1. The van der Waals surface area contributed by atoms with Gasteiger partial charge in [-0.1, -0.05) is 110 Å². The number of hydrogen-bond donors (Lipinski definition) is 16. The number of carboxylic acids is 1. The summed E-state index contributed by atoms with van der Waals surface area (Å²) in [6.07, 6.45) is 13.9. The number of ketones is 4. The smallest absolute Gasteiger partial charge is 0.312 e. The molecule has 0 aromatic heterocycles. The van der Waals surface area contributed by atoms with Crippen molar-refractivity contribution in [1.29, 1.82) is 0 Å². The number of urea groups is 3. The highest BCUT2D eigenvalue weighted by atomic mass is 16.4. The van der Waals surface area contributed by atoms with E-state index in [1.54, 1.807) is 104 Å². The van der Waals surface area contributed by atoms with E-state index in [0.717, 1.165) is 43.9 Å². The summed E-state index contributed by atoms with van der Waals surface area (Å²) in [7, 11) is 0. The van der Waals surface area contributed by atoms with Gasteiger partial charge >= 0.3 is 24.1 Å². The van der Waals surface area contributed by atoms with Gasteiger partial charge in [0.25, 0.3) is 47.3 Å². The number of Topliss-reactive ketones (excluding diaryl/α,β-unsaturated/α-hetero) is 4. The molecule has 19 N–H and O–H groups in total. The van der Waals surface area contributed by atoms with Crippen LogP contribution in [0.25, 0.3) is 0 Å². The molecule has 0 aromatic carbocycles. The summed E-state index contributed by atoms with van der Waals surface area (Å²) in [5.41, 5.74) is 12.3. The van der Waals surface area contributed by atoms with Crippen LogP contribution in [0.5, 0.6) is 0 Å². The van der Waals surface area contributed by atoms with E-state index < -0.39 is 166 Å². The molecule has 0 aliphatic carbocycles. The number of primary amides is 3. The van der Waals surface area contributed by atoms with E-state index in [9.17, 15) is 120 Å². The van der Waals surface area contributed by atoms with Crippen molar-refractivity contribution in [1.82, 2.24) is 78.1 Å². The van der Waals surface area contributed by atoms with Crippen LogP contribution in [0.15, 0.2) is 48.6 Å². The van der Waals surface area contributed by atoms with Crippen LogP contribution >= 0.6 is 0 Å². The minimum atomic E-state index is -1.23. The summed E-state index contributed by atoms with van der Waals surface area (Å²) in [5, 5.41) is 46.6. The fourth-order valence-corrected chi connectivity index (χ4v) is 12.7. The molecule has 0 saturated carbocycles. The predicted octanol–water partition coefficient (Wildman–Crippen LogP) is -0.216. The minimum absolute atomic E-state index is 0.0342. The molecule has 0 aromatic rings. The van der Waals surface area contributed by atoms with Gasteiger partial charge in [-0.05, 0) is 90.4 Å². The van der Waals surface area contributed by atoms with Gasteiger partial charge in [-0.2, -0.15) is 0 Å². The lowest BCUT2D eigenvalue weighted by Crippen LogP contribution is -2.55. The molecule has 730 valence electrons. The quantitative estimate of drug-likeness (QED) is 0.0277. The first-order valence-corrected chi connectivity index (χ1v) is 43.4. The highest BCUT2D eigenvalue weighted by Crippen LogP contribution is 2.24. The van der Waals surface area contributed by atoms with E-state index in [2.05, 4.69) is 58.5 Å². The number of hydrogen-bond acceptors (Lipinski definition) is 25. The topological polar surface area (TPSA) is 673 Å². The molecular weight excluding hydrogens is 1710 g/mol. The van der Waals surface area contributed by atoms with Crippen LogP contribution in [-0.4, -0.2) is 272 Å².